The van der Waals surface area contributed by atoms with Crippen LogP contribution in [0.15, 0.2) is 90.0 Å². The van der Waals surface area contributed by atoms with Gasteiger partial charge >= 0.3 is 0 Å². The summed E-state index contributed by atoms with van der Waals surface area (Å²) in [6.07, 6.45) is 0. The van der Waals surface area contributed by atoms with Gasteiger partial charge in [0.2, 0.25) is 0 Å². The van der Waals surface area contributed by atoms with Crippen molar-refractivity contribution in [1.82, 2.24) is 10.7 Å². The van der Waals surface area contributed by atoms with Crippen LogP contribution in [0.5, 0.6) is 0 Å². The van der Waals surface area contributed by atoms with Crippen molar-refractivity contribution in [2.24, 2.45) is 5.10 Å². The Kier molecular flexibility index (Phi) is 6.07. The van der Waals surface area contributed by atoms with Crippen molar-refractivity contribution in [2.45, 2.75) is 0 Å². The highest BCUT2D eigenvalue weighted by molar-refractivity contribution is 7.80. The summed E-state index contributed by atoms with van der Waals surface area (Å²) in [4.78, 5) is 12.8. The van der Waals surface area contributed by atoms with Gasteiger partial charge in [-0.1, -0.05) is 78.9 Å². The van der Waals surface area contributed by atoms with Crippen LogP contribution < -0.4 is 10.7 Å². The van der Waals surface area contributed by atoms with E-state index in [1.54, 1.807) is 7.05 Å². The molecule has 0 unspecified atom stereocenters. The largest absolute Gasteiger partial charge is 0.364 e. The van der Waals surface area contributed by atoms with E-state index in [-0.39, 0.29) is 5.78 Å². The van der Waals surface area contributed by atoms with Crippen LogP contribution in [-0.2, 0) is 0 Å². The summed E-state index contributed by atoms with van der Waals surface area (Å²) in [6.45, 7) is 0. The topological polar surface area (TPSA) is 53.5 Å². The van der Waals surface area contributed by atoms with E-state index in [9.17, 15) is 4.79 Å². The fraction of sp³-hybridized carbons (Fsp3) is 0.0455. The molecule has 0 saturated heterocycles. The molecule has 0 fully saturated rings. The van der Waals surface area contributed by atoms with Gasteiger partial charge in [0.05, 0.1) is 5.71 Å². The van der Waals surface area contributed by atoms with E-state index in [1.165, 1.54) is 0 Å². The summed E-state index contributed by atoms with van der Waals surface area (Å²) >= 11 is 5.12. The lowest BCUT2D eigenvalue weighted by Crippen LogP contribution is -2.29. The first-order valence-electron chi connectivity index (χ1n) is 8.50. The minimum atomic E-state index is -0.0245. The van der Waals surface area contributed by atoms with Gasteiger partial charge in [-0.3, -0.25) is 10.2 Å². The molecule has 4 nitrogen and oxygen atoms in total. The van der Waals surface area contributed by atoms with Crippen molar-refractivity contribution in [3.05, 3.63) is 107 Å². The molecule has 5 heteroatoms. The summed E-state index contributed by atoms with van der Waals surface area (Å²) in [5.74, 6) is -0.0245. The van der Waals surface area contributed by atoms with E-state index in [1.807, 2.05) is 84.9 Å². The molecule has 0 radical (unpaired) electrons. The predicted molar refractivity (Wildman–Crippen MR) is 113 cm³/mol. The molecule has 0 amide bonds. The maximum atomic E-state index is 12.8. The summed E-state index contributed by atoms with van der Waals surface area (Å²) in [7, 11) is 1.73. The lowest BCUT2D eigenvalue weighted by Gasteiger charge is -2.10. The van der Waals surface area contributed by atoms with E-state index >= 15 is 0 Å². The van der Waals surface area contributed by atoms with Crippen LogP contribution in [0.3, 0.4) is 0 Å². The Bertz CT molecular complexity index is 969. The molecule has 27 heavy (non-hydrogen) atoms. The van der Waals surface area contributed by atoms with E-state index in [0.29, 0.717) is 22.0 Å². The average molecular weight is 373 g/mol. The van der Waals surface area contributed by atoms with Gasteiger partial charge in [0, 0.05) is 29.3 Å². The fourth-order valence-corrected chi connectivity index (χ4v) is 2.66. The van der Waals surface area contributed by atoms with Crippen molar-refractivity contribution < 1.29 is 4.79 Å². The molecule has 0 atom stereocenters. The molecule has 3 rings (SSSR count). The Morgan fingerprint density at radius 1 is 0.778 bits per heavy atom. The third-order valence-corrected chi connectivity index (χ3v) is 4.27. The Labute approximate surface area is 163 Å². The first-order chi connectivity index (χ1) is 13.2. The maximum absolute atomic E-state index is 12.8. The minimum Gasteiger partial charge on any atom is -0.364 e. The van der Waals surface area contributed by atoms with Gasteiger partial charge in [-0.2, -0.15) is 5.10 Å². The summed E-state index contributed by atoms with van der Waals surface area (Å²) in [5.41, 5.74) is 6.55. The number of rotatable bonds is 5. The van der Waals surface area contributed by atoms with Gasteiger partial charge in [-0.15, -0.1) is 0 Å². The fourth-order valence-electron chi connectivity index (χ4n) is 2.62. The van der Waals surface area contributed by atoms with Crippen LogP contribution in [0.1, 0.15) is 27.0 Å². The average Bonchev–Trinajstić information content (AvgIpc) is 2.74. The molecule has 0 spiro atoms. The number of nitrogens with zero attached hydrogens (tertiary/aromatic N) is 1. The van der Waals surface area contributed by atoms with Crippen LogP contribution in [0.25, 0.3) is 0 Å². The van der Waals surface area contributed by atoms with E-state index in [0.717, 1.165) is 11.1 Å². The summed E-state index contributed by atoms with van der Waals surface area (Å²) < 4.78 is 0. The highest BCUT2D eigenvalue weighted by Gasteiger charge is 2.13. The van der Waals surface area contributed by atoms with Crippen molar-refractivity contribution in [3.63, 3.8) is 0 Å². The second-order valence-electron chi connectivity index (χ2n) is 5.79. The monoisotopic (exact) mass is 373 g/mol. The Morgan fingerprint density at radius 3 is 1.96 bits per heavy atom. The number of benzene rings is 3. The number of ketones is 1. The lowest BCUT2D eigenvalue weighted by molar-refractivity contribution is 0.103. The number of nitrogens with one attached hydrogen (secondary N) is 2. The van der Waals surface area contributed by atoms with Gasteiger partial charge < -0.3 is 5.32 Å². The summed E-state index contributed by atoms with van der Waals surface area (Å²) in [6, 6.07) is 26.5. The molecular formula is C22H19N3OS. The number of thiocarbonyl (C=S) groups is 1. The van der Waals surface area contributed by atoms with Gasteiger partial charge in [0.1, 0.15) is 0 Å². The first-order valence-corrected chi connectivity index (χ1v) is 8.91. The first kappa shape index (κ1) is 18.5. The zero-order valence-corrected chi connectivity index (χ0v) is 15.7. The molecule has 0 aliphatic heterocycles. The maximum Gasteiger partial charge on any atom is 0.193 e. The van der Waals surface area contributed by atoms with Crippen molar-refractivity contribution >= 4 is 28.8 Å². The molecule has 3 aromatic carbocycles. The Balaban J connectivity index is 2.00. The smallest absolute Gasteiger partial charge is 0.193 e. The molecule has 2 N–H and O–H groups in total. The van der Waals surface area contributed by atoms with Crippen molar-refractivity contribution in [3.8, 4) is 0 Å². The van der Waals surface area contributed by atoms with Crippen molar-refractivity contribution in [1.29, 1.82) is 0 Å². The molecular weight excluding hydrogens is 354 g/mol. The molecule has 0 saturated carbocycles. The number of hydrogen-bond acceptors (Lipinski definition) is 3. The van der Waals surface area contributed by atoms with Gasteiger partial charge in [0.15, 0.2) is 10.9 Å². The third-order valence-electron chi connectivity index (χ3n) is 3.98. The minimum absolute atomic E-state index is 0.0245. The van der Waals surface area contributed by atoms with Crippen molar-refractivity contribution in [2.75, 3.05) is 7.05 Å². The van der Waals surface area contributed by atoms with E-state index < -0.39 is 0 Å². The number of hydrogen-bond donors (Lipinski definition) is 2. The zero-order chi connectivity index (χ0) is 19.1. The van der Waals surface area contributed by atoms with Crippen LogP contribution >= 0.6 is 12.2 Å². The molecule has 0 aliphatic rings. The molecule has 3 aromatic rings. The SMILES string of the molecule is CNC(=S)N/N=C(\c1ccccc1)c1cccc(C(=O)c2ccccc2)c1. The Morgan fingerprint density at radius 2 is 1.33 bits per heavy atom. The van der Waals surface area contributed by atoms with Gasteiger partial charge in [-0.25, -0.2) is 0 Å². The predicted octanol–water partition coefficient (Wildman–Crippen LogP) is 3.76. The molecule has 0 aliphatic carbocycles. The van der Waals surface area contributed by atoms with Crippen LogP contribution in [0.2, 0.25) is 0 Å². The van der Waals surface area contributed by atoms with E-state index in [2.05, 4.69) is 15.8 Å². The summed E-state index contributed by atoms with van der Waals surface area (Å²) in [5, 5.41) is 7.71. The normalized spacial score (nSPS) is 10.9. The molecule has 0 aromatic heterocycles. The molecule has 0 heterocycles. The number of carbonyl (C=O) groups excluding carboxylic acids is 1. The number of hydrazone groups is 1. The zero-order valence-electron chi connectivity index (χ0n) is 14.8. The Hall–Kier alpha value is -3.31. The van der Waals surface area contributed by atoms with Gasteiger partial charge in [-0.05, 0) is 18.3 Å². The molecule has 0 bridgehead atoms. The standard InChI is InChI=1S/C22H19N3OS/c1-23-22(27)25-24-20(16-9-4-2-5-10-16)18-13-8-14-19(15-18)21(26)17-11-6-3-7-12-17/h2-15H,1H3,(H2,23,25,27)/b24-20+. The highest BCUT2D eigenvalue weighted by Crippen LogP contribution is 2.16. The third kappa shape index (κ3) is 4.65. The van der Waals surface area contributed by atoms with Crippen LogP contribution in [0.4, 0.5) is 0 Å². The number of carbonyl (C=O) groups is 1. The second-order valence-corrected chi connectivity index (χ2v) is 6.20. The second kappa shape index (κ2) is 8.87. The molecule has 134 valence electrons. The highest BCUT2D eigenvalue weighted by atomic mass is 32.1. The van der Waals surface area contributed by atoms with Crippen LogP contribution in [-0.4, -0.2) is 23.7 Å². The van der Waals surface area contributed by atoms with Gasteiger partial charge in [0.25, 0.3) is 0 Å². The van der Waals surface area contributed by atoms with E-state index in [4.69, 9.17) is 12.2 Å². The lowest BCUT2D eigenvalue weighted by atomic mass is 9.97. The quantitative estimate of drug-likeness (QED) is 0.309. The van der Waals surface area contributed by atoms with Crippen LogP contribution in [0, 0.1) is 0 Å².